The zero-order valence-corrected chi connectivity index (χ0v) is 10.4. The van der Waals surface area contributed by atoms with Crippen LogP contribution in [0.4, 0.5) is 0 Å². The molecule has 1 aliphatic rings. The number of rotatable bonds is 3. The van der Waals surface area contributed by atoms with Crippen molar-refractivity contribution in [3.05, 3.63) is 23.9 Å². The third-order valence-electron chi connectivity index (χ3n) is 2.90. The van der Waals surface area contributed by atoms with E-state index < -0.39 is 10.8 Å². The fourth-order valence-electron chi connectivity index (χ4n) is 1.95. The minimum absolute atomic E-state index is 0.540. The van der Waals surface area contributed by atoms with E-state index in [2.05, 4.69) is 10.3 Å². The average Bonchev–Trinajstić information content (AvgIpc) is 2.31. The highest BCUT2D eigenvalue weighted by Gasteiger charge is 2.17. The molecule has 0 radical (unpaired) electrons. The van der Waals surface area contributed by atoms with Gasteiger partial charge in [-0.25, -0.2) is 4.98 Å². The molecule has 0 spiro atoms. The van der Waals surface area contributed by atoms with Gasteiger partial charge in [-0.05, 0) is 50.4 Å². The molecule has 0 unspecified atom stereocenters. The predicted molar refractivity (Wildman–Crippen MR) is 65.8 cm³/mol. The molecule has 1 fully saturated rings. The lowest BCUT2D eigenvalue weighted by Gasteiger charge is -2.21. The molecule has 1 aromatic heterocycles. The van der Waals surface area contributed by atoms with E-state index in [1.54, 1.807) is 6.20 Å². The normalized spacial score (nSPS) is 22.9. The summed E-state index contributed by atoms with van der Waals surface area (Å²) in [6.45, 7) is 4.09. The van der Waals surface area contributed by atoms with Crippen molar-refractivity contribution in [1.29, 1.82) is 0 Å². The molecule has 0 amide bonds. The van der Waals surface area contributed by atoms with Crippen LogP contribution in [-0.4, -0.2) is 28.0 Å². The largest absolute Gasteiger partial charge is 0.316 e. The Kier molecular flexibility index (Phi) is 4.07. The van der Waals surface area contributed by atoms with Gasteiger partial charge in [-0.15, -0.1) is 0 Å². The van der Waals surface area contributed by atoms with E-state index in [1.165, 1.54) is 12.8 Å². The SMILES string of the molecule is Cc1ccc([S@](=O)C[C@@H]2CCCNC2)nc1. The zero-order valence-electron chi connectivity index (χ0n) is 9.61. The third-order valence-corrected chi connectivity index (χ3v) is 4.39. The molecule has 1 aromatic rings. The number of pyridine rings is 1. The first kappa shape index (κ1) is 11.7. The number of hydrogen-bond donors (Lipinski definition) is 1. The quantitative estimate of drug-likeness (QED) is 0.867. The number of aromatic nitrogens is 1. The van der Waals surface area contributed by atoms with Gasteiger partial charge in [-0.3, -0.25) is 4.21 Å². The Hall–Kier alpha value is -0.740. The highest BCUT2D eigenvalue weighted by atomic mass is 32.2. The second kappa shape index (κ2) is 5.55. The molecule has 1 aliphatic heterocycles. The van der Waals surface area contributed by atoms with E-state index in [4.69, 9.17) is 0 Å². The summed E-state index contributed by atoms with van der Waals surface area (Å²) in [6, 6.07) is 3.85. The molecular weight excluding hydrogens is 220 g/mol. The summed E-state index contributed by atoms with van der Waals surface area (Å²) in [5.41, 5.74) is 1.11. The first-order valence-electron chi connectivity index (χ1n) is 5.77. The van der Waals surface area contributed by atoms with Gasteiger partial charge in [0.25, 0.3) is 0 Å². The van der Waals surface area contributed by atoms with Crippen LogP contribution in [0.2, 0.25) is 0 Å². The fraction of sp³-hybridized carbons (Fsp3) is 0.583. The lowest BCUT2D eigenvalue weighted by molar-refractivity contribution is 0.408. The summed E-state index contributed by atoms with van der Waals surface area (Å²) in [7, 11) is -0.940. The average molecular weight is 238 g/mol. The summed E-state index contributed by atoms with van der Waals surface area (Å²) in [5, 5.41) is 4.06. The van der Waals surface area contributed by atoms with Crippen molar-refractivity contribution < 1.29 is 4.21 Å². The van der Waals surface area contributed by atoms with Gasteiger partial charge in [-0.2, -0.15) is 0 Å². The van der Waals surface area contributed by atoms with Gasteiger partial charge in [0.15, 0.2) is 0 Å². The number of nitrogens with zero attached hydrogens (tertiary/aromatic N) is 1. The fourth-order valence-corrected chi connectivity index (χ4v) is 3.23. The van der Waals surface area contributed by atoms with Crippen molar-refractivity contribution in [2.24, 2.45) is 5.92 Å². The minimum atomic E-state index is -0.940. The Morgan fingerprint density at radius 1 is 1.56 bits per heavy atom. The van der Waals surface area contributed by atoms with E-state index in [0.717, 1.165) is 29.4 Å². The molecule has 0 saturated carbocycles. The number of piperidine rings is 1. The van der Waals surface area contributed by atoms with E-state index in [1.807, 2.05) is 19.1 Å². The Bertz CT molecular complexity index is 358. The highest BCUT2D eigenvalue weighted by molar-refractivity contribution is 7.84. The van der Waals surface area contributed by atoms with Gasteiger partial charge in [0.05, 0.1) is 10.8 Å². The van der Waals surface area contributed by atoms with Gasteiger partial charge >= 0.3 is 0 Å². The van der Waals surface area contributed by atoms with Gasteiger partial charge in [0.2, 0.25) is 0 Å². The van der Waals surface area contributed by atoms with Crippen LogP contribution in [0.3, 0.4) is 0 Å². The second-order valence-electron chi connectivity index (χ2n) is 4.40. The number of nitrogens with one attached hydrogen (secondary N) is 1. The standard InChI is InChI=1S/C12H18N2OS/c1-10-4-5-12(14-7-10)16(15)9-11-3-2-6-13-8-11/h4-5,7,11,13H,2-3,6,8-9H2,1H3/t11-,16-/m1/s1. The summed E-state index contributed by atoms with van der Waals surface area (Å²) >= 11 is 0. The Morgan fingerprint density at radius 2 is 2.44 bits per heavy atom. The van der Waals surface area contributed by atoms with Crippen LogP contribution in [0, 0.1) is 12.8 Å². The topological polar surface area (TPSA) is 42.0 Å². The molecule has 0 aromatic carbocycles. The van der Waals surface area contributed by atoms with Crippen LogP contribution in [0.5, 0.6) is 0 Å². The van der Waals surface area contributed by atoms with Gasteiger partial charge in [-0.1, -0.05) is 6.07 Å². The molecule has 88 valence electrons. The van der Waals surface area contributed by atoms with Crippen molar-refractivity contribution in [3.8, 4) is 0 Å². The Labute approximate surface area is 99.1 Å². The van der Waals surface area contributed by atoms with E-state index in [9.17, 15) is 4.21 Å². The number of hydrogen-bond acceptors (Lipinski definition) is 3. The maximum absolute atomic E-state index is 12.0. The van der Waals surface area contributed by atoms with Crippen LogP contribution < -0.4 is 5.32 Å². The van der Waals surface area contributed by atoms with Crippen molar-refractivity contribution in [3.63, 3.8) is 0 Å². The highest BCUT2D eigenvalue weighted by Crippen LogP contribution is 2.14. The molecule has 2 atom stereocenters. The van der Waals surface area contributed by atoms with Crippen molar-refractivity contribution in [1.82, 2.24) is 10.3 Å². The van der Waals surface area contributed by atoms with E-state index in [0.29, 0.717) is 5.92 Å². The summed E-state index contributed by atoms with van der Waals surface area (Å²) in [6.07, 6.45) is 4.17. The van der Waals surface area contributed by atoms with Crippen LogP contribution in [-0.2, 0) is 10.8 Å². The first-order chi connectivity index (χ1) is 7.75. The van der Waals surface area contributed by atoms with Gasteiger partial charge in [0.1, 0.15) is 5.03 Å². The van der Waals surface area contributed by atoms with Crippen molar-refractivity contribution in [2.45, 2.75) is 24.8 Å². The van der Waals surface area contributed by atoms with Crippen molar-refractivity contribution in [2.75, 3.05) is 18.8 Å². The zero-order chi connectivity index (χ0) is 11.4. The maximum atomic E-state index is 12.0. The van der Waals surface area contributed by atoms with E-state index in [-0.39, 0.29) is 0 Å². The summed E-state index contributed by atoms with van der Waals surface area (Å²) in [4.78, 5) is 4.22. The minimum Gasteiger partial charge on any atom is -0.316 e. The Balaban J connectivity index is 1.94. The molecule has 2 heterocycles. The van der Waals surface area contributed by atoms with Gasteiger partial charge < -0.3 is 5.32 Å². The maximum Gasteiger partial charge on any atom is 0.127 e. The smallest absolute Gasteiger partial charge is 0.127 e. The summed E-state index contributed by atoms with van der Waals surface area (Å²) < 4.78 is 12.0. The first-order valence-corrected chi connectivity index (χ1v) is 7.09. The van der Waals surface area contributed by atoms with Crippen molar-refractivity contribution >= 4 is 10.8 Å². The molecule has 0 aliphatic carbocycles. The number of aryl methyl sites for hydroxylation is 1. The van der Waals surface area contributed by atoms with Crippen LogP contribution in [0.15, 0.2) is 23.4 Å². The predicted octanol–water partition coefficient (Wildman–Crippen LogP) is 1.50. The van der Waals surface area contributed by atoms with Crippen LogP contribution in [0.25, 0.3) is 0 Å². The molecule has 1 saturated heterocycles. The monoisotopic (exact) mass is 238 g/mol. The molecular formula is C12H18N2OS. The molecule has 16 heavy (non-hydrogen) atoms. The Morgan fingerprint density at radius 3 is 3.06 bits per heavy atom. The molecule has 1 N–H and O–H groups in total. The van der Waals surface area contributed by atoms with Crippen LogP contribution in [0.1, 0.15) is 18.4 Å². The molecule has 4 heteroatoms. The van der Waals surface area contributed by atoms with E-state index >= 15 is 0 Å². The lowest BCUT2D eigenvalue weighted by Crippen LogP contribution is -2.32. The molecule has 0 bridgehead atoms. The molecule has 3 nitrogen and oxygen atoms in total. The molecule has 2 rings (SSSR count). The lowest BCUT2D eigenvalue weighted by atomic mass is 10.0. The summed E-state index contributed by atoms with van der Waals surface area (Å²) in [5.74, 6) is 1.28. The van der Waals surface area contributed by atoms with Crippen LogP contribution >= 0.6 is 0 Å². The van der Waals surface area contributed by atoms with Gasteiger partial charge in [0, 0.05) is 11.9 Å². The third kappa shape index (κ3) is 3.12. The second-order valence-corrected chi connectivity index (χ2v) is 5.84.